The van der Waals surface area contributed by atoms with Crippen molar-refractivity contribution in [1.29, 1.82) is 0 Å². The fourth-order valence-electron chi connectivity index (χ4n) is 2.38. The van der Waals surface area contributed by atoms with Crippen molar-refractivity contribution in [1.82, 2.24) is 15.0 Å². The van der Waals surface area contributed by atoms with Crippen LogP contribution in [-0.4, -0.2) is 22.1 Å². The van der Waals surface area contributed by atoms with Crippen molar-refractivity contribution in [2.75, 3.05) is 12.8 Å². The number of ether oxygens (including phenoxy) is 1. The van der Waals surface area contributed by atoms with E-state index < -0.39 is 0 Å². The van der Waals surface area contributed by atoms with E-state index in [4.69, 9.17) is 10.5 Å². The van der Waals surface area contributed by atoms with Crippen LogP contribution in [0.5, 0.6) is 0 Å². The van der Waals surface area contributed by atoms with Crippen LogP contribution in [0.3, 0.4) is 0 Å². The zero-order chi connectivity index (χ0) is 12.5. The van der Waals surface area contributed by atoms with E-state index in [-0.39, 0.29) is 11.5 Å². The maximum Gasteiger partial charge on any atom is 0.223 e. The van der Waals surface area contributed by atoms with Crippen LogP contribution in [0, 0.1) is 5.41 Å². The molecule has 0 spiro atoms. The first-order valence-corrected chi connectivity index (χ1v) is 5.98. The zero-order valence-electron chi connectivity index (χ0n) is 10.7. The van der Waals surface area contributed by atoms with E-state index in [0.717, 1.165) is 25.7 Å². The molecule has 1 aliphatic carbocycles. The molecular weight excluding hydrogens is 216 g/mol. The highest BCUT2D eigenvalue weighted by molar-refractivity contribution is 5.16. The Bertz CT molecular complexity index is 395. The van der Waals surface area contributed by atoms with Crippen LogP contribution >= 0.6 is 0 Å². The lowest BCUT2D eigenvalue weighted by molar-refractivity contribution is -0.0729. The molecule has 1 heterocycles. The number of nitrogens with two attached hydrogens (primary N) is 1. The summed E-state index contributed by atoms with van der Waals surface area (Å²) >= 11 is 0. The van der Waals surface area contributed by atoms with E-state index in [1.54, 1.807) is 7.11 Å². The van der Waals surface area contributed by atoms with Crippen molar-refractivity contribution in [2.45, 2.75) is 45.1 Å². The quantitative estimate of drug-likeness (QED) is 0.848. The van der Waals surface area contributed by atoms with Gasteiger partial charge in [0.05, 0.1) is 0 Å². The minimum atomic E-state index is -0.382. The van der Waals surface area contributed by atoms with Gasteiger partial charge in [0.2, 0.25) is 5.95 Å². The van der Waals surface area contributed by atoms with Crippen molar-refractivity contribution >= 4 is 5.95 Å². The molecule has 5 heteroatoms. The summed E-state index contributed by atoms with van der Waals surface area (Å²) in [6.45, 7) is 4.57. The molecule has 5 nitrogen and oxygen atoms in total. The van der Waals surface area contributed by atoms with Crippen molar-refractivity contribution in [2.24, 2.45) is 5.41 Å². The van der Waals surface area contributed by atoms with Gasteiger partial charge in [-0.1, -0.05) is 13.8 Å². The van der Waals surface area contributed by atoms with Crippen molar-refractivity contribution < 1.29 is 4.74 Å². The van der Waals surface area contributed by atoms with Gasteiger partial charge in [0.1, 0.15) is 11.9 Å². The summed E-state index contributed by atoms with van der Waals surface area (Å²) in [7, 11) is 1.72. The Hall–Kier alpha value is -1.23. The second-order valence-electron chi connectivity index (χ2n) is 5.53. The molecule has 1 fully saturated rings. The highest BCUT2D eigenvalue weighted by atomic mass is 16.5. The molecular formula is C12H20N4O. The number of hydrogen-bond donors (Lipinski definition) is 1. The second kappa shape index (κ2) is 4.22. The van der Waals surface area contributed by atoms with Crippen molar-refractivity contribution in [3.05, 3.63) is 12.2 Å². The highest BCUT2D eigenvalue weighted by Crippen LogP contribution is 2.45. The van der Waals surface area contributed by atoms with Gasteiger partial charge < -0.3 is 10.5 Å². The first-order chi connectivity index (χ1) is 7.97. The maximum atomic E-state index is 5.70. The van der Waals surface area contributed by atoms with Gasteiger partial charge in [-0.2, -0.15) is 4.98 Å². The Kier molecular flexibility index (Phi) is 3.03. The summed E-state index contributed by atoms with van der Waals surface area (Å²) in [6.07, 6.45) is 5.52. The van der Waals surface area contributed by atoms with E-state index in [9.17, 15) is 0 Å². The Labute approximate surface area is 102 Å². The first-order valence-electron chi connectivity index (χ1n) is 5.98. The molecule has 0 bridgehead atoms. The summed E-state index contributed by atoms with van der Waals surface area (Å²) in [6, 6.07) is 0. The molecule has 0 amide bonds. The van der Waals surface area contributed by atoms with Gasteiger partial charge in [-0.25, -0.2) is 9.97 Å². The van der Waals surface area contributed by atoms with Crippen LogP contribution in [-0.2, 0) is 10.3 Å². The number of nitrogens with zero attached hydrogens (tertiary/aromatic N) is 3. The van der Waals surface area contributed by atoms with Gasteiger partial charge >= 0.3 is 0 Å². The van der Waals surface area contributed by atoms with Crippen LogP contribution in [0.2, 0.25) is 0 Å². The van der Waals surface area contributed by atoms with E-state index in [2.05, 4.69) is 28.8 Å². The molecule has 2 N–H and O–H groups in total. The lowest BCUT2D eigenvalue weighted by Gasteiger charge is -2.41. The lowest BCUT2D eigenvalue weighted by atomic mass is 9.70. The number of methoxy groups -OCH3 is 1. The predicted molar refractivity (Wildman–Crippen MR) is 65.2 cm³/mol. The molecule has 2 rings (SSSR count). The minimum absolute atomic E-state index is 0.260. The van der Waals surface area contributed by atoms with Crippen molar-refractivity contribution in [3.63, 3.8) is 0 Å². The minimum Gasteiger partial charge on any atom is -0.370 e. The molecule has 0 aliphatic heterocycles. The molecule has 17 heavy (non-hydrogen) atoms. The van der Waals surface area contributed by atoms with Crippen LogP contribution in [0.4, 0.5) is 5.95 Å². The average molecular weight is 236 g/mol. The number of hydrogen-bond acceptors (Lipinski definition) is 5. The number of nitrogen functional groups attached to an aromatic ring is 1. The van der Waals surface area contributed by atoms with Gasteiger partial charge in [0, 0.05) is 7.11 Å². The largest absolute Gasteiger partial charge is 0.370 e. The zero-order valence-corrected chi connectivity index (χ0v) is 10.7. The van der Waals surface area contributed by atoms with E-state index >= 15 is 0 Å². The van der Waals surface area contributed by atoms with Crippen LogP contribution in [0.25, 0.3) is 0 Å². The van der Waals surface area contributed by atoms with Crippen LogP contribution < -0.4 is 5.73 Å². The maximum absolute atomic E-state index is 5.70. The van der Waals surface area contributed by atoms with Crippen molar-refractivity contribution in [3.8, 4) is 0 Å². The average Bonchev–Trinajstić information content (AvgIpc) is 2.30. The third kappa shape index (κ3) is 2.39. The standard InChI is InChI=1S/C12H20N4O/c1-11(2)4-6-12(17-3,7-5-11)9-14-8-15-10(13)16-9/h8H,4-7H2,1-3H3,(H2,13,14,15,16). The topological polar surface area (TPSA) is 73.9 Å². The molecule has 0 saturated heterocycles. The third-order valence-electron chi connectivity index (χ3n) is 3.80. The van der Waals surface area contributed by atoms with E-state index in [1.165, 1.54) is 6.33 Å². The van der Waals surface area contributed by atoms with Gasteiger partial charge in [0.25, 0.3) is 0 Å². The molecule has 0 aromatic carbocycles. The highest BCUT2D eigenvalue weighted by Gasteiger charge is 2.42. The molecule has 1 aromatic heterocycles. The second-order valence-corrected chi connectivity index (χ2v) is 5.53. The third-order valence-corrected chi connectivity index (χ3v) is 3.80. The predicted octanol–water partition coefficient (Wildman–Crippen LogP) is 1.90. The molecule has 0 unspecified atom stereocenters. The molecule has 94 valence electrons. The summed E-state index contributed by atoms with van der Waals surface area (Å²) in [5, 5.41) is 0. The summed E-state index contributed by atoms with van der Waals surface area (Å²) in [4.78, 5) is 12.3. The molecule has 0 radical (unpaired) electrons. The molecule has 1 aromatic rings. The smallest absolute Gasteiger partial charge is 0.223 e. The molecule has 0 atom stereocenters. The van der Waals surface area contributed by atoms with Gasteiger partial charge in [-0.15, -0.1) is 0 Å². The number of rotatable bonds is 2. The number of anilines is 1. The lowest BCUT2D eigenvalue weighted by Crippen LogP contribution is -2.38. The van der Waals surface area contributed by atoms with Gasteiger partial charge in [-0.3, -0.25) is 0 Å². The Morgan fingerprint density at radius 3 is 2.35 bits per heavy atom. The Morgan fingerprint density at radius 2 is 1.82 bits per heavy atom. The summed E-state index contributed by atoms with van der Waals surface area (Å²) in [5.41, 5.74) is 5.61. The monoisotopic (exact) mass is 236 g/mol. The van der Waals surface area contributed by atoms with Gasteiger partial charge in [0.15, 0.2) is 5.82 Å². The Balaban J connectivity index is 2.27. The fourth-order valence-corrected chi connectivity index (χ4v) is 2.38. The fraction of sp³-hybridized carbons (Fsp3) is 0.750. The molecule has 1 aliphatic rings. The van der Waals surface area contributed by atoms with Crippen LogP contribution in [0.15, 0.2) is 6.33 Å². The first kappa shape index (κ1) is 12.2. The van der Waals surface area contributed by atoms with Gasteiger partial charge in [-0.05, 0) is 31.1 Å². The molecule has 1 saturated carbocycles. The van der Waals surface area contributed by atoms with E-state index in [0.29, 0.717) is 11.2 Å². The van der Waals surface area contributed by atoms with E-state index in [1.807, 2.05) is 0 Å². The SMILES string of the molecule is COC1(c2ncnc(N)n2)CCC(C)(C)CC1. The number of aromatic nitrogens is 3. The summed E-state index contributed by atoms with van der Waals surface area (Å²) in [5.74, 6) is 0.930. The normalized spacial score (nSPS) is 22.3. The summed E-state index contributed by atoms with van der Waals surface area (Å²) < 4.78 is 5.70. The van der Waals surface area contributed by atoms with Crippen LogP contribution in [0.1, 0.15) is 45.4 Å². The Morgan fingerprint density at radius 1 is 1.18 bits per heavy atom.